The second-order valence-corrected chi connectivity index (χ2v) is 7.97. The molecule has 6 nitrogen and oxygen atoms in total. The number of amides is 1. The van der Waals surface area contributed by atoms with Crippen molar-refractivity contribution in [2.45, 2.75) is 39.4 Å². The lowest BCUT2D eigenvalue weighted by atomic mass is 10.1. The monoisotopic (exact) mass is 421 g/mol. The van der Waals surface area contributed by atoms with Crippen LogP contribution in [0, 0.1) is 0 Å². The highest BCUT2D eigenvalue weighted by Crippen LogP contribution is 2.13. The fraction of sp³-hybridized carbons (Fsp3) is 0.440. The number of benzene rings is 2. The third-order valence-electron chi connectivity index (χ3n) is 5.67. The number of nitrogens with one attached hydrogen (secondary N) is 2. The summed E-state index contributed by atoms with van der Waals surface area (Å²) >= 11 is 0. The van der Waals surface area contributed by atoms with Gasteiger partial charge in [-0.25, -0.2) is 0 Å². The van der Waals surface area contributed by atoms with E-state index in [1.807, 2.05) is 42.2 Å². The molecule has 166 valence electrons. The first-order valence-electron chi connectivity index (χ1n) is 11.2. The minimum Gasteiger partial charge on any atom is -0.352 e. The van der Waals surface area contributed by atoms with E-state index in [0.29, 0.717) is 25.6 Å². The lowest BCUT2D eigenvalue weighted by Crippen LogP contribution is -2.44. The topological polar surface area (TPSA) is 60.0 Å². The molecule has 0 unspecified atom stereocenters. The van der Waals surface area contributed by atoms with Gasteiger partial charge in [-0.3, -0.25) is 14.7 Å². The van der Waals surface area contributed by atoms with E-state index in [1.54, 1.807) is 7.05 Å². The van der Waals surface area contributed by atoms with Gasteiger partial charge in [-0.05, 0) is 49.5 Å². The molecule has 3 rings (SSSR count). The number of carbonyl (C=O) groups excluding carboxylic acids is 1. The number of carbonyl (C=O) groups is 1. The first kappa shape index (κ1) is 22.8. The summed E-state index contributed by atoms with van der Waals surface area (Å²) in [5.74, 6) is 0.686. The summed E-state index contributed by atoms with van der Waals surface area (Å²) in [5.41, 5.74) is 3.68. The molecule has 2 N–H and O–H groups in total. The molecule has 0 aromatic heterocycles. The highest BCUT2D eigenvalue weighted by Gasteiger charge is 2.13. The number of guanidine groups is 1. The van der Waals surface area contributed by atoms with Crippen LogP contribution in [0.3, 0.4) is 0 Å². The maximum Gasteiger partial charge on any atom is 0.242 e. The standard InChI is InChI=1S/C25H35N5O/c1-3-30(20-22-9-5-4-6-10-22)24(31)18-28-25(26-2)27-17-21-11-13-23(14-12-21)19-29-15-7-8-16-29/h4-6,9-14H,3,7-8,15-20H2,1-2H3,(H2,26,27,28). The van der Waals surface area contributed by atoms with Crippen LogP contribution in [0.25, 0.3) is 0 Å². The lowest BCUT2D eigenvalue weighted by molar-refractivity contribution is -0.130. The average molecular weight is 422 g/mol. The Bertz CT molecular complexity index is 829. The highest BCUT2D eigenvalue weighted by atomic mass is 16.2. The number of likely N-dealkylation sites (N-methyl/N-ethyl adjacent to an activating group) is 1. The van der Waals surface area contributed by atoms with Crippen molar-refractivity contribution in [2.24, 2.45) is 4.99 Å². The third-order valence-corrected chi connectivity index (χ3v) is 5.67. The SMILES string of the molecule is CCN(Cc1ccccc1)C(=O)CNC(=NC)NCc1ccc(CN2CCCC2)cc1. The predicted octanol–water partition coefficient (Wildman–Crippen LogP) is 3.00. The number of hydrogen-bond donors (Lipinski definition) is 2. The Morgan fingerprint density at radius 3 is 2.29 bits per heavy atom. The number of likely N-dealkylation sites (tertiary alicyclic amines) is 1. The van der Waals surface area contributed by atoms with Crippen molar-refractivity contribution >= 4 is 11.9 Å². The molecule has 1 heterocycles. The van der Waals surface area contributed by atoms with Crippen molar-refractivity contribution in [3.05, 3.63) is 71.3 Å². The van der Waals surface area contributed by atoms with Gasteiger partial charge in [-0.15, -0.1) is 0 Å². The van der Waals surface area contributed by atoms with Gasteiger partial charge < -0.3 is 15.5 Å². The van der Waals surface area contributed by atoms with E-state index in [1.165, 1.54) is 37.1 Å². The van der Waals surface area contributed by atoms with Crippen LogP contribution in [-0.4, -0.2) is 54.9 Å². The van der Waals surface area contributed by atoms with Crippen LogP contribution in [0.4, 0.5) is 0 Å². The van der Waals surface area contributed by atoms with Gasteiger partial charge >= 0.3 is 0 Å². The molecule has 0 atom stereocenters. The molecule has 1 aliphatic rings. The molecule has 6 heteroatoms. The Labute approximate surface area is 186 Å². The zero-order valence-electron chi connectivity index (χ0n) is 18.8. The van der Waals surface area contributed by atoms with Crippen molar-refractivity contribution in [3.8, 4) is 0 Å². The zero-order chi connectivity index (χ0) is 21.9. The summed E-state index contributed by atoms with van der Waals surface area (Å²) < 4.78 is 0. The Balaban J connectivity index is 1.42. The maximum atomic E-state index is 12.6. The fourth-order valence-corrected chi connectivity index (χ4v) is 3.82. The number of hydrogen-bond acceptors (Lipinski definition) is 3. The van der Waals surface area contributed by atoms with E-state index in [-0.39, 0.29) is 12.5 Å². The normalized spacial score (nSPS) is 14.5. The molecule has 0 bridgehead atoms. The quantitative estimate of drug-likeness (QED) is 0.483. The summed E-state index contributed by atoms with van der Waals surface area (Å²) in [6.45, 7) is 7.64. The molecule has 2 aromatic carbocycles. The number of nitrogens with zero attached hydrogens (tertiary/aromatic N) is 3. The molecule has 1 aliphatic heterocycles. The first-order valence-corrected chi connectivity index (χ1v) is 11.2. The molecule has 1 fully saturated rings. The number of rotatable bonds is 9. The summed E-state index contributed by atoms with van der Waals surface area (Å²) in [4.78, 5) is 21.2. The third kappa shape index (κ3) is 7.40. The molecule has 0 aliphatic carbocycles. The lowest BCUT2D eigenvalue weighted by Gasteiger charge is -2.22. The zero-order valence-corrected chi connectivity index (χ0v) is 18.8. The Hall–Kier alpha value is -2.86. The molecule has 0 saturated carbocycles. The molecule has 1 saturated heterocycles. The van der Waals surface area contributed by atoms with E-state index in [9.17, 15) is 4.79 Å². The van der Waals surface area contributed by atoms with Crippen molar-refractivity contribution in [2.75, 3.05) is 33.2 Å². The minimum absolute atomic E-state index is 0.0561. The Kier molecular flexibility index (Phi) is 8.91. The first-order chi connectivity index (χ1) is 15.2. The van der Waals surface area contributed by atoms with Gasteiger partial charge in [0, 0.05) is 33.2 Å². The van der Waals surface area contributed by atoms with Crippen LogP contribution in [-0.2, 0) is 24.4 Å². The van der Waals surface area contributed by atoms with Crippen molar-refractivity contribution in [1.29, 1.82) is 0 Å². The van der Waals surface area contributed by atoms with Crippen molar-refractivity contribution in [1.82, 2.24) is 20.4 Å². The molecule has 2 aromatic rings. The maximum absolute atomic E-state index is 12.6. The van der Waals surface area contributed by atoms with Crippen molar-refractivity contribution in [3.63, 3.8) is 0 Å². The van der Waals surface area contributed by atoms with Gasteiger partial charge in [0.1, 0.15) is 0 Å². The molecule has 0 radical (unpaired) electrons. The van der Waals surface area contributed by atoms with Gasteiger partial charge in [-0.2, -0.15) is 0 Å². The average Bonchev–Trinajstić information content (AvgIpc) is 3.32. The molecule has 1 amide bonds. The van der Waals surface area contributed by atoms with Crippen LogP contribution < -0.4 is 10.6 Å². The summed E-state index contributed by atoms with van der Waals surface area (Å²) in [7, 11) is 1.72. The summed E-state index contributed by atoms with van der Waals surface area (Å²) in [6.07, 6.45) is 2.64. The van der Waals surface area contributed by atoms with E-state index in [4.69, 9.17) is 0 Å². The van der Waals surface area contributed by atoms with E-state index < -0.39 is 0 Å². The van der Waals surface area contributed by atoms with E-state index in [0.717, 1.165) is 12.1 Å². The van der Waals surface area contributed by atoms with Gasteiger partial charge in [0.25, 0.3) is 0 Å². The van der Waals surface area contributed by atoms with E-state index >= 15 is 0 Å². The molecular weight excluding hydrogens is 386 g/mol. The van der Waals surface area contributed by atoms with E-state index in [2.05, 4.69) is 44.8 Å². The van der Waals surface area contributed by atoms with Crippen LogP contribution in [0.2, 0.25) is 0 Å². The summed E-state index contributed by atoms with van der Waals surface area (Å²) in [5, 5.41) is 6.44. The van der Waals surface area contributed by atoms with Crippen molar-refractivity contribution < 1.29 is 4.79 Å². The minimum atomic E-state index is 0.0561. The van der Waals surface area contributed by atoms with Crippen LogP contribution >= 0.6 is 0 Å². The second-order valence-electron chi connectivity index (χ2n) is 7.97. The molecule has 31 heavy (non-hydrogen) atoms. The summed E-state index contributed by atoms with van der Waals surface area (Å²) in [6, 6.07) is 18.8. The van der Waals surface area contributed by atoms with Crippen LogP contribution in [0.1, 0.15) is 36.5 Å². The van der Waals surface area contributed by atoms with Gasteiger partial charge in [0.15, 0.2) is 5.96 Å². The highest BCUT2D eigenvalue weighted by molar-refractivity contribution is 5.86. The molecule has 0 spiro atoms. The van der Waals surface area contributed by atoms with Crippen LogP contribution in [0.5, 0.6) is 0 Å². The van der Waals surface area contributed by atoms with Crippen LogP contribution in [0.15, 0.2) is 59.6 Å². The molecular formula is C25H35N5O. The van der Waals surface area contributed by atoms with Gasteiger partial charge in [-0.1, -0.05) is 54.6 Å². The largest absolute Gasteiger partial charge is 0.352 e. The number of aliphatic imine (C=N–C) groups is 1. The predicted molar refractivity (Wildman–Crippen MR) is 127 cm³/mol. The Morgan fingerprint density at radius 2 is 1.65 bits per heavy atom. The second kappa shape index (κ2) is 12.1. The smallest absolute Gasteiger partial charge is 0.242 e. The van der Waals surface area contributed by atoms with Gasteiger partial charge in [0.2, 0.25) is 5.91 Å². The fourth-order valence-electron chi connectivity index (χ4n) is 3.82. The Morgan fingerprint density at radius 1 is 0.968 bits per heavy atom. The van der Waals surface area contributed by atoms with Gasteiger partial charge in [0.05, 0.1) is 6.54 Å².